The van der Waals surface area contributed by atoms with Crippen molar-refractivity contribution >= 4 is 11.0 Å². The van der Waals surface area contributed by atoms with Gasteiger partial charge in [-0.15, -0.1) is 0 Å². The predicted molar refractivity (Wildman–Crippen MR) is 81.6 cm³/mol. The molecular weight excluding hydrogens is 234 g/mol. The summed E-state index contributed by atoms with van der Waals surface area (Å²) in [6.45, 7) is 6.73. The summed E-state index contributed by atoms with van der Waals surface area (Å²) in [6, 6.07) is 9.36. The number of likely N-dealkylation sites (N-methyl/N-ethyl adjacent to an activating group) is 1. The minimum atomic E-state index is 0.420. The number of benzene rings is 1. The average Bonchev–Trinajstić information content (AvgIpc) is 2.78. The van der Waals surface area contributed by atoms with Crippen LogP contribution in [0.4, 0.5) is 0 Å². The third kappa shape index (κ3) is 2.66. The monoisotopic (exact) mass is 259 g/mol. The summed E-state index contributed by atoms with van der Waals surface area (Å²) in [7, 11) is 2.04. The lowest BCUT2D eigenvalue weighted by molar-refractivity contribution is 0.379. The van der Waals surface area contributed by atoms with Crippen LogP contribution in [0.2, 0.25) is 0 Å². The van der Waals surface area contributed by atoms with Crippen molar-refractivity contribution in [2.24, 2.45) is 0 Å². The van der Waals surface area contributed by atoms with Gasteiger partial charge in [-0.05, 0) is 38.9 Å². The molecule has 104 valence electrons. The largest absolute Gasteiger partial charge is 0.324 e. The molecule has 0 spiro atoms. The molecule has 0 saturated carbocycles. The number of hydrogen-bond acceptors (Lipinski definition) is 2. The normalized spacial score (nSPS) is 14.7. The molecule has 0 aliphatic heterocycles. The number of imidazole rings is 1. The Hall–Kier alpha value is -1.35. The quantitative estimate of drug-likeness (QED) is 0.860. The van der Waals surface area contributed by atoms with Gasteiger partial charge in [-0.3, -0.25) is 0 Å². The van der Waals surface area contributed by atoms with Gasteiger partial charge in [-0.1, -0.05) is 26.0 Å². The van der Waals surface area contributed by atoms with Crippen LogP contribution in [0.1, 0.15) is 45.5 Å². The van der Waals surface area contributed by atoms with E-state index in [1.165, 1.54) is 11.3 Å². The Morgan fingerprint density at radius 2 is 2.00 bits per heavy atom. The molecule has 0 aliphatic rings. The number of aryl methyl sites for hydroxylation is 1. The molecule has 19 heavy (non-hydrogen) atoms. The molecule has 1 N–H and O–H groups in total. The third-order valence-electron chi connectivity index (χ3n) is 3.94. The Morgan fingerprint density at radius 1 is 1.26 bits per heavy atom. The number of rotatable bonds is 6. The van der Waals surface area contributed by atoms with E-state index in [0.717, 1.165) is 24.8 Å². The fourth-order valence-corrected chi connectivity index (χ4v) is 2.92. The summed E-state index contributed by atoms with van der Waals surface area (Å²) in [4.78, 5) is 4.81. The molecular formula is C16H25N3. The van der Waals surface area contributed by atoms with Crippen LogP contribution >= 0.6 is 0 Å². The Morgan fingerprint density at radius 3 is 2.63 bits per heavy atom. The van der Waals surface area contributed by atoms with E-state index in [4.69, 9.17) is 4.98 Å². The smallest absolute Gasteiger partial charge is 0.110 e. The zero-order chi connectivity index (χ0) is 13.8. The van der Waals surface area contributed by atoms with Crippen LogP contribution in [0.15, 0.2) is 24.3 Å². The van der Waals surface area contributed by atoms with Crippen LogP contribution in [0.25, 0.3) is 11.0 Å². The average molecular weight is 259 g/mol. The highest BCUT2D eigenvalue weighted by molar-refractivity contribution is 5.76. The minimum Gasteiger partial charge on any atom is -0.324 e. The van der Waals surface area contributed by atoms with E-state index in [1.54, 1.807) is 0 Å². The number of nitrogens with one attached hydrogen (secondary N) is 1. The number of nitrogens with zero attached hydrogens (tertiary/aromatic N) is 2. The van der Waals surface area contributed by atoms with Crippen LogP contribution in [-0.4, -0.2) is 22.6 Å². The van der Waals surface area contributed by atoms with Gasteiger partial charge in [-0.25, -0.2) is 4.98 Å². The maximum Gasteiger partial charge on any atom is 0.110 e. The lowest BCUT2D eigenvalue weighted by Crippen LogP contribution is -2.33. The lowest BCUT2D eigenvalue weighted by Gasteiger charge is -2.26. The second-order valence-electron chi connectivity index (χ2n) is 5.18. The van der Waals surface area contributed by atoms with Crippen LogP contribution in [0.3, 0.4) is 0 Å². The first kappa shape index (κ1) is 14.1. The van der Waals surface area contributed by atoms with Gasteiger partial charge in [0, 0.05) is 18.5 Å². The molecule has 3 heteroatoms. The second kappa shape index (κ2) is 6.20. The van der Waals surface area contributed by atoms with Gasteiger partial charge in [0.1, 0.15) is 5.82 Å². The van der Waals surface area contributed by atoms with Crippen molar-refractivity contribution in [2.45, 2.75) is 52.1 Å². The molecule has 0 saturated heterocycles. The van der Waals surface area contributed by atoms with E-state index < -0.39 is 0 Å². The van der Waals surface area contributed by atoms with Gasteiger partial charge < -0.3 is 9.88 Å². The third-order valence-corrected chi connectivity index (χ3v) is 3.94. The summed E-state index contributed by atoms with van der Waals surface area (Å²) in [5.41, 5.74) is 2.37. The maximum absolute atomic E-state index is 4.81. The first-order chi connectivity index (χ1) is 9.22. The van der Waals surface area contributed by atoms with Crippen LogP contribution in [-0.2, 0) is 6.42 Å². The van der Waals surface area contributed by atoms with Crippen LogP contribution in [0, 0.1) is 0 Å². The summed E-state index contributed by atoms with van der Waals surface area (Å²) in [5.74, 6) is 1.21. The molecule has 0 bridgehead atoms. The molecule has 2 unspecified atom stereocenters. The molecule has 0 radical (unpaired) electrons. The highest BCUT2D eigenvalue weighted by atomic mass is 15.1. The van der Waals surface area contributed by atoms with Crippen molar-refractivity contribution in [3.63, 3.8) is 0 Å². The highest BCUT2D eigenvalue weighted by Gasteiger charge is 2.20. The van der Waals surface area contributed by atoms with Crippen LogP contribution in [0.5, 0.6) is 0 Å². The topological polar surface area (TPSA) is 29.9 Å². The number of fused-ring (bicyclic) bond motifs is 1. The van der Waals surface area contributed by atoms with Crippen molar-refractivity contribution in [1.82, 2.24) is 14.9 Å². The number of aromatic nitrogens is 2. The Balaban J connectivity index is 2.52. The van der Waals surface area contributed by atoms with E-state index in [2.05, 4.69) is 54.9 Å². The highest BCUT2D eigenvalue weighted by Crippen LogP contribution is 2.24. The van der Waals surface area contributed by atoms with E-state index in [9.17, 15) is 0 Å². The molecule has 1 aromatic heterocycles. The number of para-hydroxylation sites is 2. The van der Waals surface area contributed by atoms with E-state index in [-0.39, 0.29) is 0 Å². The molecule has 2 rings (SSSR count). The molecule has 2 aromatic rings. The fourth-order valence-electron chi connectivity index (χ4n) is 2.92. The molecule has 1 aromatic carbocycles. The molecule has 2 atom stereocenters. The first-order valence-electron chi connectivity index (χ1n) is 7.36. The Kier molecular flexibility index (Phi) is 4.59. The van der Waals surface area contributed by atoms with Crippen molar-refractivity contribution in [3.05, 3.63) is 30.1 Å². The predicted octanol–water partition coefficient (Wildman–Crippen LogP) is 3.55. The fraction of sp³-hybridized carbons (Fsp3) is 0.562. The molecule has 0 amide bonds. The van der Waals surface area contributed by atoms with Crippen LogP contribution < -0.4 is 5.32 Å². The summed E-state index contributed by atoms with van der Waals surface area (Å²) in [6.07, 6.45) is 3.29. The number of hydrogen-bond donors (Lipinski definition) is 1. The van der Waals surface area contributed by atoms with Gasteiger partial charge in [0.15, 0.2) is 0 Å². The standard InChI is InChI=1S/C16H25N3/c1-5-9-16-18-14-10-7-8-11-15(14)19(16)12(3)13(6-2)17-4/h7-8,10-13,17H,5-6,9H2,1-4H3. The van der Waals surface area contributed by atoms with Gasteiger partial charge >= 0.3 is 0 Å². The maximum atomic E-state index is 4.81. The second-order valence-corrected chi connectivity index (χ2v) is 5.18. The van der Waals surface area contributed by atoms with E-state index >= 15 is 0 Å². The van der Waals surface area contributed by atoms with E-state index in [1.807, 2.05) is 7.05 Å². The van der Waals surface area contributed by atoms with E-state index in [0.29, 0.717) is 12.1 Å². The summed E-state index contributed by atoms with van der Waals surface area (Å²) in [5, 5.41) is 3.43. The molecule has 0 aliphatic carbocycles. The van der Waals surface area contributed by atoms with Crippen molar-refractivity contribution in [3.8, 4) is 0 Å². The summed E-state index contributed by atoms with van der Waals surface area (Å²) >= 11 is 0. The molecule has 1 heterocycles. The molecule has 3 nitrogen and oxygen atoms in total. The van der Waals surface area contributed by atoms with Gasteiger partial charge in [0.2, 0.25) is 0 Å². The Labute approximate surface area is 116 Å². The first-order valence-corrected chi connectivity index (χ1v) is 7.36. The zero-order valence-electron chi connectivity index (χ0n) is 12.5. The summed E-state index contributed by atoms with van der Waals surface area (Å²) < 4.78 is 2.42. The van der Waals surface area contributed by atoms with Gasteiger partial charge in [0.05, 0.1) is 11.0 Å². The van der Waals surface area contributed by atoms with Gasteiger partial charge in [-0.2, -0.15) is 0 Å². The zero-order valence-corrected chi connectivity index (χ0v) is 12.5. The van der Waals surface area contributed by atoms with Crippen molar-refractivity contribution < 1.29 is 0 Å². The SMILES string of the molecule is CCCc1nc2ccccc2n1C(C)C(CC)NC. The Bertz CT molecular complexity index is 526. The molecule has 0 fully saturated rings. The van der Waals surface area contributed by atoms with Gasteiger partial charge in [0.25, 0.3) is 0 Å². The van der Waals surface area contributed by atoms with Crippen molar-refractivity contribution in [2.75, 3.05) is 7.05 Å². The lowest BCUT2D eigenvalue weighted by atomic mass is 10.1. The van der Waals surface area contributed by atoms with Crippen molar-refractivity contribution in [1.29, 1.82) is 0 Å². The minimum absolute atomic E-state index is 0.420.